The van der Waals surface area contributed by atoms with Gasteiger partial charge in [-0.25, -0.2) is 8.42 Å². The van der Waals surface area contributed by atoms with Gasteiger partial charge in [0.1, 0.15) is 0 Å². The van der Waals surface area contributed by atoms with Crippen molar-refractivity contribution in [1.29, 1.82) is 10.8 Å². The van der Waals surface area contributed by atoms with E-state index >= 15 is 0 Å². The molecule has 0 saturated carbocycles. The molecular weight excluding hydrogens is 128 g/mol. The molecule has 8 heavy (non-hydrogen) atoms. The molecule has 0 aromatic rings. The van der Waals surface area contributed by atoms with E-state index in [9.17, 15) is 8.42 Å². The molecular formula is C3H6N2O2S. The van der Waals surface area contributed by atoms with E-state index in [4.69, 9.17) is 10.8 Å². The molecule has 0 fully saturated rings. The van der Waals surface area contributed by atoms with Gasteiger partial charge in [0.2, 0.25) is 0 Å². The molecule has 0 heterocycles. The molecule has 0 saturated heterocycles. The van der Waals surface area contributed by atoms with Crippen LogP contribution in [-0.4, -0.2) is 25.9 Å². The van der Waals surface area contributed by atoms with Crippen LogP contribution in [0.1, 0.15) is 0 Å². The molecule has 0 atom stereocenters. The largest absolute Gasteiger partial charge is 0.306 e. The van der Waals surface area contributed by atoms with Crippen LogP contribution in [0, 0.1) is 10.8 Å². The summed E-state index contributed by atoms with van der Waals surface area (Å²) < 4.78 is 20.4. The summed E-state index contributed by atoms with van der Waals surface area (Å²) in [5, 5.41) is 12.2. The first-order chi connectivity index (χ1) is 3.48. The summed E-state index contributed by atoms with van der Waals surface area (Å²) in [6.07, 6.45) is 1.38. The van der Waals surface area contributed by atoms with E-state index in [0.29, 0.717) is 6.21 Å². The quantitative estimate of drug-likeness (QED) is 0.380. The zero-order chi connectivity index (χ0) is 6.78. The molecule has 0 rings (SSSR count). The van der Waals surface area contributed by atoms with E-state index in [1.807, 2.05) is 0 Å². The topological polar surface area (TPSA) is 81.8 Å². The van der Waals surface area contributed by atoms with E-state index in [0.717, 1.165) is 6.26 Å². The zero-order valence-corrected chi connectivity index (χ0v) is 5.12. The van der Waals surface area contributed by atoms with Crippen molar-refractivity contribution in [2.75, 3.05) is 6.26 Å². The maximum absolute atomic E-state index is 10.2. The molecule has 0 aliphatic rings. The van der Waals surface area contributed by atoms with Gasteiger partial charge in [0.05, 0.1) is 6.21 Å². The highest BCUT2D eigenvalue weighted by Gasteiger charge is 2.05. The fourth-order valence-corrected chi connectivity index (χ4v) is 0.321. The normalized spacial score (nSPS) is 10.6. The molecule has 0 aliphatic heterocycles. The van der Waals surface area contributed by atoms with Crippen LogP contribution in [0.2, 0.25) is 0 Å². The average molecular weight is 134 g/mol. The van der Waals surface area contributed by atoms with Gasteiger partial charge >= 0.3 is 0 Å². The number of hydrogen-bond donors (Lipinski definition) is 2. The Morgan fingerprint density at radius 2 is 2.00 bits per heavy atom. The highest BCUT2D eigenvalue weighted by molar-refractivity contribution is 8.07. The van der Waals surface area contributed by atoms with Crippen molar-refractivity contribution in [3.8, 4) is 0 Å². The first kappa shape index (κ1) is 7.29. The predicted molar refractivity (Wildman–Crippen MR) is 31.4 cm³/mol. The highest BCUT2D eigenvalue weighted by atomic mass is 32.2. The molecule has 0 aromatic heterocycles. The van der Waals surface area contributed by atoms with E-state index in [1.54, 1.807) is 0 Å². The van der Waals surface area contributed by atoms with Gasteiger partial charge in [-0.1, -0.05) is 0 Å². The van der Waals surface area contributed by atoms with Crippen molar-refractivity contribution < 1.29 is 8.42 Å². The Balaban J connectivity index is 4.53. The van der Waals surface area contributed by atoms with Gasteiger partial charge in [0, 0.05) is 6.26 Å². The van der Waals surface area contributed by atoms with Gasteiger partial charge in [-0.2, -0.15) is 0 Å². The van der Waals surface area contributed by atoms with Crippen molar-refractivity contribution in [2.24, 2.45) is 0 Å². The fraction of sp³-hybridized carbons (Fsp3) is 0.333. The van der Waals surface area contributed by atoms with Crippen molar-refractivity contribution in [3.05, 3.63) is 0 Å². The van der Waals surface area contributed by atoms with E-state index in [1.165, 1.54) is 0 Å². The van der Waals surface area contributed by atoms with Crippen LogP contribution in [-0.2, 0) is 9.84 Å². The summed E-state index contributed by atoms with van der Waals surface area (Å²) in [6.45, 7) is 0. The molecule has 5 heteroatoms. The highest BCUT2D eigenvalue weighted by Crippen LogP contribution is 1.80. The van der Waals surface area contributed by atoms with Gasteiger partial charge in [-0.05, 0) is 0 Å². The Labute approximate surface area is 47.5 Å². The van der Waals surface area contributed by atoms with Gasteiger partial charge < -0.3 is 5.41 Å². The lowest BCUT2D eigenvalue weighted by Crippen LogP contribution is -2.11. The lowest BCUT2D eigenvalue weighted by molar-refractivity contribution is 0.612. The molecule has 4 nitrogen and oxygen atoms in total. The van der Waals surface area contributed by atoms with Crippen LogP contribution < -0.4 is 0 Å². The number of hydrogen-bond acceptors (Lipinski definition) is 4. The standard InChI is InChI=1S/C3H6N2O2S/c1-8(6,7)3(5)2-4/h2,4-5H,1H3. The molecule has 0 aliphatic carbocycles. The van der Waals surface area contributed by atoms with Crippen molar-refractivity contribution in [1.82, 2.24) is 0 Å². The third-order valence-electron chi connectivity index (χ3n) is 0.531. The third kappa shape index (κ3) is 1.83. The van der Waals surface area contributed by atoms with E-state index in [-0.39, 0.29) is 0 Å². The van der Waals surface area contributed by atoms with Gasteiger partial charge in [0.25, 0.3) is 0 Å². The smallest absolute Gasteiger partial charge is 0.193 e. The lowest BCUT2D eigenvalue weighted by Gasteiger charge is -1.86. The van der Waals surface area contributed by atoms with Crippen LogP contribution in [0.15, 0.2) is 0 Å². The number of nitrogens with one attached hydrogen (secondary N) is 2. The summed E-state index contributed by atoms with van der Waals surface area (Å²) in [6, 6.07) is 0. The predicted octanol–water partition coefficient (Wildman–Crippen LogP) is -0.342. The van der Waals surface area contributed by atoms with Crippen LogP contribution in [0.25, 0.3) is 0 Å². The summed E-state index contributed by atoms with van der Waals surface area (Å²) >= 11 is 0. The Morgan fingerprint density at radius 3 is 2.00 bits per heavy atom. The molecule has 0 spiro atoms. The Kier molecular flexibility index (Phi) is 1.86. The number of sulfone groups is 1. The van der Waals surface area contributed by atoms with E-state index < -0.39 is 14.9 Å². The first-order valence-electron chi connectivity index (χ1n) is 1.77. The minimum Gasteiger partial charge on any atom is -0.306 e. The monoisotopic (exact) mass is 134 g/mol. The SMILES string of the molecule is CS(=O)(=O)C(=N)C=N. The molecule has 0 aromatic carbocycles. The fourth-order valence-electron chi connectivity index (χ4n) is 0.107. The maximum Gasteiger partial charge on any atom is 0.193 e. The Morgan fingerprint density at radius 1 is 1.62 bits per heavy atom. The Hall–Kier alpha value is -0.710. The minimum atomic E-state index is -3.41. The second-order valence-electron chi connectivity index (χ2n) is 1.28. The summed E-state index contributed by atoms with van der Waals surface area (Å²) in [4.78, 5) is 0. The van der Waals surface area contributed by atoms with Crippen molar-refractivity contribution >= 4 is 21.1 Å². The lowest BCUT2D eigenvalue weighted by atomic mass is 10.8. The molecule has 2 N–H and O–H groups in total. The molecule has 0 radical (unpaired) electrons. The molecule has 0 bridgehead atoms. The van der Waals surface area contributed by atoms with Crippen LogP contribution in [0.3, 0.4) is 0 Å². The summed E-state index contributed by atoms with van der Waals surface area (Å²) in [5.41, 5.74) is 0. The second kappa shape index (κ2) is 2.04. The van der Waals surface area contributed by atoms with Crippen LogP contribution in [0.5, 0.6) is 0 Å². The second-order valence-corrected chi connectivity index (χ2v) is 3.26. The third-order valence-corrected chi connectivity index (χ3v) is 1.45. The van der Waals surface area contributed by atoms with Crippen molar-refractivity contribution in [2.45, 2.75) is 0 Å². The van der Waals surface area contributed by atoms with Gasteiger partial charge in [-0.3, -0.25) is 5.41 Å². The van der Waals surface area contributed by atoms with Crippen molar-refractivity contribution in [3.63, 3.8) is 0 Å². The average Bonchev–Trinajstić information content (AvgIpc) is 1.62. The Bertz CT molecular complexity index is 203. The van der Waals surface area contributed by atoms with E-state index in [2.05, 4.69) is 0 Å². The zero-order valence-electron chi connectivity index (χ0n) is 4.30. The summed E-state index contributed by atoms with van der Waals surface area (Å²) in [5.74, 6) is 0. The van der Waals surface area contributed by atoms with Crippen LogP contribution >= 0.6 is 0 Å². The van der Waals surface area contributed by atoms with Gasteiger partial charge in [-0.15, -0.1) is 0 Å². The first-order valence-corrected chi connectivity index (χ1v) is 3.66. The molecule has 0 unspecified atom stereocenters. The minimum absolute atomic E-state index is 0.495. The number of rotatable bonds is 1. The maximum atomic E-state index is 10.2. The van der Waals surface area contributed by atoms with Gasteiger partial charge in [0.15, 0.2) is 14.9 Å². The summed E-state index contributed by atoms with van der Waals surface area (Å²) in [7, 11) is -3.41. The molecule has 46 valence electrons. The molecule has 0 amide bonds. The van der Waals surface area contributed by atoms with Crippen LogP contribution in [0.4, 0.5) is 0 Å².